The summed E-state index contributed by atoms with van der Waals surface area (Å²) in [7, 11) is 0. The van der Waals surface area contributed by atoms with Gasteiger partial charge in [-0.15, -0.1) is 0 Å². The van der Waals surface area contributed by atoms with Crippen LogP contribution < -0.4 is 0 Å². The summed E-state index contributed by atoms with van der Waals surface area (Å²) in [5, 5.41) is 113. The first-order valence-corrected chi connectivity index (χ1v) is 12.9. The van der Waals surface area contributed by atoms with Crippen LogP contribution in [0.3, 0.4) is 0 Å². The molecular weight excluding hydrogens is 608 g/mol. The first kappa shape index (κ1) is 30.8. The van der Waals surface area contributed by atoms with Crippen LogP contribution in [-0.4, -0.2) is 105 Å². The van der Waals surface area contributed by atoms with Crippen LogP contribution in [-0.2, 0) is 14.2 Å². The fraction of sp³-hybridized carbons (Fsp3) is 0.250. The molecule has 45 heavy (non-hydrogen) atoms. The quantitative estimate of drug-likeness (QED) is 0.134. The van der Waals surface area contributed by atoms with E-state index in [1.807, 2.05) is 0 Å². The van der Waals surface area contributed by atoms with Gasteiger partial charge in [0.25, 0.3) is 0 Å². The lowest BCUT2D eigenvalue weighted by atomic mass is 9.81. The van der Waals surface area contributed by atoms with Gasteiger partial charge in [0.2, 0.25) is 17.8 Å². The number of Topliss-reactive ketones (excluding diaryl/α,β-unsaturated/α-hetero) is 1. The molecule has 0 aromatic heterocycles. The summed E-state index contributed by atoms with van der Waals surface area (Å²) in [6, 6.07) is 2.68. The molecule has 2 aliphatic heterocycles. The average molecular weight is 632 g/mol. The smallest absolute Gasteiger partial charge is 0.340 e. The number of hydrogen-bond acceptors (Lipinski definition) is 17. The molecule has 0 radical (unpaired) electrons. The third-order valence-electron chi connectivity index (χ3n) is 7.45. The van der Waals surface area contributed by atoms with E-state index in [9.17, 15) is 70.6 Å². The number of phenols is 9. The van der Waals surface area contributed by atoms with Gasteiger partial charge in [-0.05, 0) is 24.3 Å². The molecule has 3 aromatic rings. The minimum Gasteiger partial charge on any atom is -0.504 e. The molecule has 0 aliphatic carbocycles. The number of ketones is 1. The zero-order valence-electron chi connectivity index (χ0n) is 22.5. The third kappa shape index (κ3) is 5.13. The van der Waals surface area contributed by atoms with Gasteiger partial charge in [0.05, 0.1) is 17.2 Å². The number of rotatable bonds is 2. The maximum atomic E-state index is 13.7. The Morgan fingerprint density at radius 1 is 0.689 bits per heavy atom. The summed E-state index contributed by atoms with van der Waals surface area (Å²) in [6.07, 6.45) is -8.26. The molecule has 5 atom stereocenters. The third-order valence-corrected chi connectivity index (χ3v) is 7.45. The van der Waals surface area contributed by atoms with Gasteiger partial charge in [-0.2, -0.15) is 0 Å². The highest BCUT2D eigenvalue weighted by Crippen LogP contribution is 2.53. The summed E-state index contributed by atoms with van der Waals surface area (Å²) in [4.78, 5) is 39.7. The minimum absolute atomic E-state index is 0.520. The van der Waals surface area contributed by atoms with E-state index in [4.69, 9.17) is 14.2 Å². The van der Waals surface area contributed by atoms with Crippen LogP contribution in [0.4, 0.5) is 0 Å². The van der Waals surface area contributed by atoms with E-state index in [1.54, 1.807) is 0 Å². The van der Waals surface area contributed by atoms with Crippen molar-refractivity contribution in [3.8, 4) is 62.9 Å². The van der Waals surface area contributed by atoms with Crippen molar-refractivity contribution in [3.05, 3.63) is 41.0 Å². The molecule has 2 aliphatic rings. The number of carbonyl (C=O) groups is 3. The topological polar surface area (TPSA) is 301 Å². The highest BCUT2D eigenvalue weighted by atomic mass is 16.7. The predicted octanol–water partition coefficient (Wildman–Crippen LogP) is 0.367. The second kappa shape index (κ2) is 11.1. The number of esters is 2. The maximum absolute atomic E-state index is 13.7. The predicted molar refractivity (Wildman–Crippen MR) is 142 cm³/mol. The van der Waals surface area contributed by atoms with E-state index in [0.29, 0.717) is 12.1 Å². The summed E-state index contributed by atoms with van der Waals surface area (Å²) in [5.41, 5.74) is -3.60. The van der Waals surface area contributed by atoms with Gasteiger partial charge >= 0.3 is 11.9 Å². The van der Waals surface area contributed by atoms with Crippen molar-refractivity contribution in [1.82, 2.24) is 0 Å². The van der Waals surface area contributed by atoms with E-state index in [2.05, 4.69) is 0 Å². The Morgan fingerprint density at radius 2 is 1.20 bits per heavy atom. The Labute approximate surface area is 250 Å². The first-order valence-electron chi connectivity index (χ1n) is 12.9. The van der Waals surface area contributed by atoms with Crippen molar-refractivity contribution >= 4 is 17.7 Å². The number of phenolic OH excluding ortho intramolecular Hbond substituents is 9. The average Bonchev–Trinajstić information content (AvgIpc) is 2.99. The molecule has 17 nitrogen and oxygen atoms in total. The molecule has 1 fully saturated rings. The zero-order chi connectivity index (χ0) is 33.1. The zero-order valence-corrected chi connectivity index (χ0v) is 22.5. The van der Waals surface area contributed by atoms with Crippen molar-refractivity contribution in [2.75, 3.05) is 6.61 Å². The summed E-state index contributed by atoms with van der Waals surface area (Å²) in [6.45, 7) is -0.867. The van der Waals surface area contributed by atoms with E-state index in [0.717, 1.165) is 12.1 Å². The van der Waals surface area contributed by atoms with E-state index >= 15 is 0 Å². The highest BCUT2D eigenvalue weighted by molar-refractivity contribution is 6.10. The molecule has 1 saturated heterocycles. The number of fused-ring (bicyclic) bond motifs is 5. The van der Waals surface area contributed by atoms with Crippen LogP contribution in [0.25, 0.3) is 11.1 Å². The number of aliphatic hydroxyl groups is 2. The molecule has 3 aromatic carbocycles. The summed E-state index contributed by atoms with van der Waals surface area (Å²) in [5.74, 6) is -15.1. The van der Waals surface area contributed by atoms with E-state index in [1.165, 1.54) is 0 Å². The Bertz CT molecular complexity index is 1720. The lowest BCUT2D eigenvalue weighted by molar-refractivity contribution is -0.271. The van der Waals surface area contributed by atoms with Crippen molar-refractivity contribution in [2.45, 2.75) is 31.0 Å². The van der Waals surface area contributed by atoms with Gasteiger partial charge in [0, 0.05) is 29.0 Å². The van der Waals surface area contributed by atoms with Crippen molar-refractivity contribution in [2.24, 2.45) is 5.92 Å². The van der Waals surface area contributed by atoms with Gasteiger partial charge < -0.3 is 70.4 Å². The molecule has 238 valence electrons. The van der Waals surface area contributed by atoms with Crippen LogP contribution in [0.15, 0.2) is 24.3 Å². The number of benzene rings is 3. The molecule has 5 rings (SSSR count). The highest BCUT2D eigenvalue weighted by Gasteiger charge is 2.48. The molecule has 0 unspecified atom stereocenters. The Balaban J connectivity index is 1.61. The SMILES string of the molecule is O=C(O[C@@H]1O[C@H]2COC(=O)c3cc(O)c(O)c(O)c3-c3c(cc(O)c(O)c3O)C(=O)C[C@@H]([C@@H]1O)[C@H]2O)c1cc(O)c(O)c(O)c1. The minimum atomic E-state index is -1.99. The summed E-state index contributed by atoms with van der Waals surface area (Å²) < 4.78 is 15.8. The molecule has 2 bridgehead atoms. The second-order valence-corrected chi connectivity index (χ2v) is 10.2. The normalized spacial score (nSPS) is 23.1. The number of hydrogen-bond donors (Lipinski definition) is 11. The molecular formula is C28H24O17. The van der Waals surface area contributed by atoms with Crippen molar-refractivity contribution < 1.29 is 84.8 Å². The van der Waals surface area contributed by atoms with Gasteiger partial charge in [0.1, 0.15) is 18.8 Å². The largest absolute Gasteiger partial charge is 0.504 e. The van der Waals surface area contributed by atoms with Crippen LogP contribution in [0.1, 0.15) is 37.5 Å². The fourth-order valence-corrected chi connectivity index (χ4v) is 5.12. The fourth-order valence-electron chi connectivity index (χ4n) is 5.12. The number of aromatic hydroxyl groups is 9. The number of cyclic esters (lactones) is 1. The van der Waals surface area contributed by atoms with Gasteiger partial charge in [-0.25, -0.2) is 9.59 Å². The van der Waals surface area contributed by atoms with E-state index in [-0.39, 0.29) is 0 Å². The molecule has 0 spiro atoms. The molecule has 11 N–H and O–H groups in total. The Hall–Kier alpha value is -5.65. The Kier molecular flexibility index (Phi) is 7.61. The number of ether oxygens (including phenoxy) is 3. The van der Waals surface area contributed by atoms with Crippen molar-refractivity contribution in [1.29, 1.82) is 0 Å². The maximum Gasteiger partial charge on any atom is 0.340 e. The standard InChI is InChI=1S/C28H24O17/c29-11-5-10-19(34)16(44-28(20(10)35)45-26(41)7-1-12(30)21(36)13(31)2-7)6-43-27(42)9-4-15(33)23(38)25(40)18(9)17-8(11)3-14(32)22(37)24(17)39/h1-4,10,16,19-20,28,30-40H,5-6H2/t10-,16+,19-,20+,28+/m1/s1. The van der Waals surface area contributed by atoms with Gasteiger partial charge in [-0.1, -0.05) is 0 Å². The van der Waals surface area contributed by atoms with Crippen LogP contribution in [0.2, 0.25) is 0 Å². The molecule has 17 heteroatoms. The van der Waals surface area contributed by atoms with Crippen LogP contribution >= 0.6 is 0 Å². The molecule has 2 heterocycles. The van der Waals surface area contributed by atoms with Crippen LogP contribution in [0.5, 0.6) is 51.7 Å². The number of aliphatic hydroxyl groups excluding tert-OH is 2. The molecule has 0 amide bonds. The van der Waals surface area contributed by atoms with Crippen molar-refractivity contribution in [3.63, 3.8) is 0 Å². The van der Waals surface area contributed by atoms with Crippen LogP contribution in [0, 0.1) is 5.92 Å². The Morgan fingerprint density at radius 3 is 1.78 bits per heavy atom. The summed E-state index contributed by atoms with van der Waals surface area (Å²) >= 11 is 0. The lowest BCUT2D eigenvalue weighted by Gasteiger charge is -2.42. The molecule has 0 saturated carbocycles. The van der Waals surface area contributed by atoms with E-state index < -0.39 is 141 Å². The van der Waals surface area contributed by atoms with Gasteiger partial charge in [0.15, 0.2) is 46.0 Å². The monoisotopic (exact) mass is 632 g/mol. The number of carbonyl (C=O) groups excluding carboxylic acids is 3. The second-order valence-electron chi connectivity index (χ2n) is 10.2. The van der Waals surface area contributed by atoms with Gasteiger partial charge in [-0.3, -0.25) is 4.79 Å². The lowest BCUT2D eigenvalue weighted by Crippen LogP contribution is -2.57. The first-order chi connectivity index (χ1) is 21.1.